The first-order valence-corrected chi connectivity index (χ1v) is 4.04. The minimum Gasteiger partial charge on any atom is -0.364 e. The van der Waals surface area contributed by atoms with Crippen molar-refractivity contribution in [1.29, 1.82) is 5.26 Å². The highest BCUT2D eigenvalue weighted by atomic mass is 16.5. The van der Waals surface area contributed by atoms with E-state index >= 15 is 0 Å². The summed E-state index contributed by atoms with van der Waals surface area (Å²) in [5, 5.41) is 8.62. The van der Waals surface area contributed by atoms with Crippen LogP contribution in [0.2, 0.25) is 0 Å². The molecule has 0 spiro atoms. The molecule has 4 heteroatoms. The molecule has 0 saturated heterocycles. The second-order valence-electron chi connectivity index (χ2n) is 3.48. The maximum Gasteiger partial charge on any atom is 0.232 e. The predicted molar refractivity (Wildman–Crippen MR) is 44.6 cm³/mol. The number of aromatic nitrogens is 2. The zero-order valence-electron chi connectivity index (χ0n) is 7.53. The molecule has 0 aliphatic carbocycles. The van der Waals surface area contributed by atoms with Crippen molar-refractivity contribution >= 4 is 0 Å². The third-order valence-electron chi connectivity index (χ3n) is 2.12. The lowest BCUT2D eigenvalue weighted by molar-refractivity contribution is -0.0101. The number of nitriles is 1. The molecule has 2 rings (SSSR count). The Labute approximate surface area is 76.2 Å². The number of hydrogen-bond acceptors (Lipinski definition) is 4. The van der Waals surface area contributed by atoms with Crippen molar-refractivity contribution < 1.29 is 4.74 Å². The molecule has 0 N–H and O–H groups in total. The summed E-state index contributed by atoms with van der Waals surface area (Å²) in [5.41, 5.74) is 1.42. The average molecular weight is 175 g/mol. The fourth-order valence-electron chi connectivity index (χ4n) is 1.41. The summed E-state index contributed by atoms with van der Waals surface area (Å²) in [4.78, 5) is 8.01. The van der Waals surface area contributed by atoms with Crippen LogP contribution in [-0.2, 0) is 16.9 Å². The fraction of sp³-hybridized carbons (Fsp3) is 0.444. The highest BCUT2D eigenvalue weighted by Gasteiger charge is 2.33. The molecule has 0 fully saturated rings. The molecule has 1 aromatic rings. The van der Waals surface area contributed by atoms with Crippen LogP contribution in [0, 0.1) is 11.3 Å². The summed E-state index contributed by atoms with van der Waals surface area (Å²) < 4.78 is 5.50. The quantitative estimate of drug-likeness (QED) is 0.592. The summed E-state index contributed by atoms with van der Waals surface area (Å²) in [5.74, 6) is 0.206. The zero-order chi connectivity index (χ0) is 9.47. The summed E-state index contributed by atoms with van der Waals surface area (Å²) in [6.07, 6.45) is 1.66. The second kappa shape index (κ2) is 2.51. The zero-order valence-corrected chi connectivity index (χ0v) is 7.53. The van der Waals surface area contributed by atoms with E-state index in [0.29, 0.717) is 6.61 Å². The first kappa shape index (κ1) is 8.14. The fourth-order valence-corrected chi connectivity index (χ4v) is 1.41. The minimum absolute atomic E-state index is 0.206. The molecule has 0 radical (unpaired) electrons. The summed E-state index contributed by atoms with van der Waals surface area (Å²) >= 11 is 0. The van der Waals surface area contributed by atoms with Crippen LogP contribution in [0.15, 0.2) is 6.20 Å². The van der Waals surface area contributed by atoms with Gasteiger partial charge in [-0.25, -0.2) is 9.97 Å². The SMILES string of the molecule is CC1(C)OCc2cnc(C#N)nc21. The van der Waals surface area contributed by atoms with Gasteiger partial charge in [0.1, 0.15) is 11.7 Å². The molecule has 13 heavy (non-hydrogen) atoms. The monoisotopic (exact) mass is 175 g/mol. The Morgan fingerprint density at radius 3 is 3.08 bits per heavy atom. The minimum atomic E-state index is -0.385. The van der Waals surface area contributed by atoms with E-state index in [1.165, 1.54) is 0 Å². The van der Waals surface area contributed by atoms with Gasteiger partial charge in [0.05, 0.1) is 12.3 Å². The summed E-state index contributed by atoms with van der Waals surface area (Å²) in [6.45, 7) is 4.41. The van der Waals surface area contributed by atoms with Gasteiger partial charge in [-0.15, -0.1) is 0 Å². The number of nitrogens with zero attached hydrogens (tertiary/aromatic N) is 3. The van der Waals surface area contributed by atoms with Gasteiger partial charge in [0.15, 0.2) is 0 Å². The topological polar surface area (TPSA) is 58.8 Å². The van der Waals surface area contributed by atoms with Crippen molar-refractivity contribution in [3.63, 3.8) is 0 Å². The molecular formula is C9H9N3O. The van der Waals surface area contributed by atoms with Gasteiger partial charge in [-0.3, -0.25) is 0 Å². The van der Waals surface area contributed by atoms with Gasteiger partial charge in [-0.05, 0) is 13.8 Å². The van der Waals surface area contributed by atoms with E-state index in [1.807, 2.05) is 19.9 Å². The molecule has 4 nitrogen and oxygen atoms in total. The van der Waals surface area contributed by atoms with Gasteiger partial charge in [-0.2, -0.15) is 5.26 Å². The van der Waals surface area contributed by atoms with Crippen LogP contribution in [0.5, 0.6) is 0 Å². The molecule has 66 valence electrons. The molecule has 0 unspecified atom stereocenters. The largest absolute Gasteiger partial charge is 0.364 e. The van der Waals surface area contributed by atoms with E-state index in [1.54, 1.807) is 6.20 Å². The Bertz CT molecular complexity index is 392. The normalized spacial score (nSPS) is 17.9. The molecule has 1 aliphatic rings. The average Bonchev–Trinajstić information content (AvgIpc) is 2.42. The van der Waals surface area contributed by atoms with Gasteiger partial charge < -0.3 is 4.74 Å². The molecule has 2 heterocycles. The van der Waals surface area contributed by atoms with Crippen LogP contribution < -0.4 is 0 Å². The first-order chi connectivity index (χ1) is 6.13. The molecule has 0 amide bonds. The summed E-state index contributed by atoms with van der Waals surface area (Å²) in [6, 6.07) is 1.92. The van der Waals surface area contributed by atoms with Crippen molar-refractivity contribution in [2.45, 2.75) is 26.1 Å². The first-order valence-electron chi connectivity index (χ1n) is 4.04. The van der Waals surface area contributed by atoms with Crippen LogP contribution in [-0.4, -0.2) is 9.97 Å². The van der Waals surface area contributed by atoms with Gasteiger partial charge in [-0.1, -0.05) is 0 Å². The third-order valence-corrected chi connectivity index (χ3v) is 2.12. The maximum absolute atomic E-state index is 8.62. The van der Waals surface area contributed by atoms with Gasteiger partial charge >= 0.3 is 0 Å². The van der Waals surface area contributed by atoms with Crippen molar-refractivity contribution in [2.24, 2.45) is 0 Å². The van der Waals surface area contributed by atoms with E-state index in [0.717, 1.165) is 11.3 Å². The molecule has 0 atom stereocenters. The van der Waals surface area contributed by atoms with Crippen molar-refractivity contribution in [1.82, 2.24) is 9.97 Å². The molecule has 1 aromatic heterocycles. The number of hydrogen-bond donors (Lipinski definition) is 0. The van der Waals surface area contributed by atoms with Crippen LogP contribution in [0.25, 0.3) is 0 Å². The number of rotatable bonds is 0. The number of fused-ring (bicyclic) bond motifs is 1. The Morgan fingerprint density at radius 2 is 2.38 bits per heavy atom. The lowest BCUT2D eigenvalue weighted by Crippen LogP contribution is -2.17. The Kier molecular flexibility index (Phi) is 1.57. The van der Waals surface area contributed by atoms with Crippen LogP contribution in [0.1, 0.15) is 30.9 Å². The van der Waals surface area contributed by atoms with E-state index in [4.69, 9.17) is 10.00 Å². The molecule has 0 aromatic carbocycles. The standard InChI is InChI=1S/C9H9N3O/c1-9(2)8-6(5-13-9)4-11-7(3-10)12-8/h4H,5H2,1-2H3. The van der Waals surface area contributed by atoms with Crippen molar-refractivity contribution in [2.75, 3.05) is 0 Å². The predicted octanol–water partition coefficient (Wildman–Crippen LogP) is 1.11. The molecule has 1 aliphatic heterocycles. The lowest BCUT2D eigenvalue weighted by Gasteiger charge is -2.16. The third kappa shape index (κ3) is 1.18. The van der Waals surface area contributed by atoms with Crippen molar-refractivity contribution in [3.8, 4) is 6.07 Å². The highest BCUT2D eigenvalue weighted by Crippen LogP contribution is 2.33. The van der Waals surface area contributed by atoms with Crippen LogP contribution in [0.3, 0.4) is 0 Å². The van der Waals surface area contributed by atoms with E-state index in [9.17, 15) is 0 Å². The number of ether oxygens (including phenoxy) is 1. The van der Waals surface area contributed by atoms with E-state index < -0.39 is 0 Å². The van der Waals surface area contributed by atoms with Crippen LogP contribution in [0.4, 0.5) is 0 Å². The second-order valence-corrected chi connectivity index (χ2v) is 3.48. The highest BCUT2D eigenvalue weighted by molar-refractivity contribution is 5.28. The van der Waals surface area contributed by atoms with Crippen LogP contribution >= 0.6 is 0 Å². The van der Waals surface area contributed by atoms with Crippen molar-refractivity contribution in [3.05, 3.63) is 23.3 Å². The van der Waals surface area contributed by atoms with Gasteiger partial charge in [0, 0.05) is 11.8 Å². The van der Waals surface area contributed by atoms with Gasteiger partial charge in [0.25, 0.3) is 0 Å². The molecular weight excluding hydrogens is 166 g/mol. The molecule has 0 bridgehead atoms. The van der Waals surface area contributed by atoms with Gasteiger partial charge in [0.2, 0.25) is 5.82 Å². The maximum atomic E-state index is 8.62. The lowest BCUT2D eigenvalue weighted by atomic mass is 10.0. The molecule has 0 saturated carbocycles. The Hall–Kier alpha value is -1.47. The van der Waals surface area contributed by atoms with E-state index in [-0.39, 0.29) is 11.4 Å². The Balaban J connectivity index is 2.57. The Morgan fingerprint density at radius 1 is 1.62 bits per heavy atom. The smallest absolute Gasteiger partial charge is 0.232 e. The summed E-state index contributed by atoms with van der Waals surface area (Å²) in [7, 11) is 0. The van der Waals surface area contributed by atoms with E-state index in [2.05, 4.69) is 9.97 Å².